The average Bonchev–Trinajstić information content (AvgIpc) is 2.44. The van der Waals surface area contributed by atoms with Crippen molar-refractivity contribution in [2.75, 3.05) is 7.11 Å². The van der Waals surface area contributed by atoms with Crippen LogP contribution in [0.25, 0.3) is 0 Å². The summed E-state index contributed by atoms with van der Waals surface area (Å²) in [4.78, 5) is 0. The predicted molar refractivity (Wildman–Crippen MR) is 66.1 cm³/mol. The van der Waals surface area contributed by atoms with Crippen LogP contribution in [0.3, 0.4) is 0 Å². The number of hydrogen-bond acceptors (Lipinski definition) is 1. The summed E-state index contributed by atoms with van der Waals surface area (Å²) in [5.41, 5.74) is 0. The molecule has 0 aliphatic heterocycles. The van der Waals surface area contributed by atoms with E-state index in [9.17, 15) is 0 Å². The van der Waals surface area contributed by atoms with Gasteiger partial charge < -0.3 is 0 Å². The van der Waals surface area contributed by atoms with E-state index in [1.807, 2.05) is 7.11 Å². The second kappa shape index (κ2) is 4.31. The monoisotopic (exact) mass is 522 g/mol. The van der Waals surface area contributed by atoms with Crippen LogP contribution in [0.15, 0.2) is 0 Å². The zero-order valence-corrected chi connectivity index (χ0v) is 15.7. The van der Waals surface area contributed by atoms with Gasteiger partial charge in [0.05, 0.1) is 0 Å². The van der Waals surface area contributed by atoms with Crippen molar-refractivity contribution in [2.45, 2.75) is 0 Å². The van der Waals surface area contributed by atoms with Crippen LogP contribution >= 0.6 is 40.3 Å². The van der Waals surface area contributed by atoms with Crippen LogP contribution in [0.2, 0.25) is 0 Å². The summed E-state index contributed by atoms with van der Waals surface area (Å²) in [6.45, 7) is 0. The topological polar surface area (TPSA) is 9.23 Å². The Bertz CT molecular complexity index is 348. The van der Waals surface area contributed by atoms with Crippen LogP contribution in [0, 0.1) is 0 Å². The van der Waals surface area contributed by atoms with Gasteiger partial charge in [-0.3, -0.25) is 0 Å². The van der Waals surface area contributed by atoms with Gasteiger partial charge in [0.2, 0.25) is 0 Å². The van der Waals surface area contributed by atoms with Crippen LogP contribution in [-0.2, 0) is 0 Å². The Morgan fingerprint density at radius 2 is 2.00 bits per heavy atom. The number of halogens is 1. The van der Waals surface area contributed by atoms with Crippen molar-refractivity contribution in [1.29, 1.82) is 0 Å². The van der Waals surface area contributed by atoms with Crippen LogP contribution in [0.5, 0.6) is 0 Å². The molecule has 4 unspecified atom stereocenters. The minimum absolute atomic E-state index is 0.240. The first-order chi connectivity index (χ1) is 4.81. The second-order valence-corrected chi connectivity index (χ2v) is 60.7. The van der Waals surface area contributed by atoms with E-state index in [2.05, 4.69) is 22.0 Å². The number of rotatable bonds is 1. The first kappa shape index (κ1) is 9.98. The molecule has 9 heteroatoms. The molecule has 0 N–H and O–H groups in total. The fourth-order valence-corrected chi connectivity index (χ4v) is 264. The molecule has 0 aliphatic rings. The van der Waals surface area contributed by atoms with Crippen molar-refractivity contribution in [1.82, 2.24) is 0 Å². The van der Waals surface area contributed by atoms with Gasteiger partial charge in [0.15, 0.2) is 0 Å². The van der Waals surface area contributed by atoms with Gasteiger partial charge in [0, 0.05) is 0 Å². The Labute approximate surface area is 91.2 Å². The van der Waals surface area contributed by atoms with E-state index >= 15 is 0 Å². The fourth-order valence-electron chi connectivity index (χ4n) is 0.484. The Morgan fingerprint density at radius 3 is 2.40 bits per heavy atom. The molecule has 2 heterocycles. The van der Waals surface area contributed by atoms with E-state index in [-0.39, 0.29) is 6.10 Å². The summed E-state index contributed by atoms with van der Waals surface area (Å²) in [5, 5.41) is 0. The van der Waals surface area contributed by atoms with Gasteiger partial charge in [0.1, 0.15) is 0 Å². The maximum atomic E-state index is 5.57. The van der Waals surface area contributed by atoms with Crippen LogP contribution in [0.4, 0.5) is 0 Å². The van der Waals surface area contributed by atoms with E-state index in [4.69, 9.17) is 4.52 Å². The molecule has 0 spiro atoms. The van der Waals surface area contributed by atoms with Crippen molar-refractivity contribution in [2.24, 2.45) is 0 Å². The van der Waals surface area contributed by atoms with Crippen LogP contribution in [0.1, 0.15) is 0 Å². The van der Waals surface area contributed by atoms with Gasteiger partial charge in [-0.25, -0.2) is 0 Å². The van der Waals surface area contributed by atoms with Crippen molar-refractivity contribution in [3.05, 3.63) is 0 Å². The van der Waals surface area contributed by atoms with Crippen LogP contribution < -0.4 is 4.52 Å². The van der Waals surface area contributed by atoms with E-state index in [0.29, 0.717) is 12.2 Å². The van der Waals surface area contributed by atoms with Gasteiger partial charge in [-0.05, 0) is 0 Å². The van der Waals surface area contributed by atoms with Gasteiger partial charge in [-0.2, -0.15) is 0 Å². The molecule has 0 amide bonds. The van der Waals surface area contributed by atoms with E-state index in [1.165, 1.54) is 0 Å². The molecule has 2 aromatic rings. The summed E-state index contributed by atoms with van der Waals surface area (Å²) in [7, 11) is 1.95. The summed E-state index contributed by atoms with van der Waals surface area (Å²) in [6, 6.07) is 0. The van der Waals surface area contributed by atoms with Crippen molar-refractivity contribution < 1.29 is 4.52 Å². The molecule has 0 aromatic carbocycles. The third kappa shape index (κ3) is 1.93. The molecule has 2 bridgehead atoms. The summed E-state index contributed by atoms with van der Waals surface area (Å²) in [5.74, 6) is 0. The molecule has 0 saturated carbocycles. The number of fused-ring (bicyclic) bond motifs is 2. The SMILES string of the molecule is COp1[se]p2[se]p1[se]p2I. The minimum atomic E-state index is 0.240. The normalized spacial score (nSPS) is 18.6. The zero-order chi connectivity index (χ0) is 7.14. The molecule has 2 aromatic heterocycles. The quantitative estimate of drug-likeness (QED) is 0.417. The predicted octanol–water partition coefficient (Wildman–Crippen LogP) is 2.93. The Kier molecular flexibility index (Phi) is 4.31. The first-order valence-electron chi connectivity index (χ1n) is 2.26. The molecule has 4 atom stereocenters. The van der Waals surface area contributed by atoms with Crippen molar-refractivity contribution in [3.8, 4) is 0 Å². The molecule has 0 aliphatic carbocycles. The number of hydrogen-bond donors (Lipinski definition) is 0. The van der Waals surface area contributed by atoms with Gasteiger partial charge in [0.25, 0.3) is 0 Å². The van der Waals surface area contributed by atoms with Gasteiger partial charge in [-0.1, -0.05) is 0 Å². The average molecular weight is 519 g/mol. The third-order valence-electron chi connectivity index (χ3n) is 0.835. The fraction of sp³-hybridized carbons (Fsp3) is 1.00. The second-order valence-electron chi connectivity index (χ2n) is 1.37. The molecule has 2 rings (SSSR count). The Balaban J connectivity index is 2.70. The Morgan fingerprint density at radius 1 is 1.20 bits per heavy atom. The van der Waals surface area contributed by atoms with Crippen molar-refractivity contribution >= 4 is 81.1 Å². The first-order valence-corrected chi connectivity index (χ1v) is 25.0. The van der Waals surface area contributed by atoms with E-state index in [0.717, 1.165) is 40.8 Å². The molecule has 10 heavy (non-hydrogen) atoms. The van der Waals surface area contributed by atoms with Gasteiger partial charge >= 0.3 is 92.7 Å². The summed E-state index contributed by atoms with van der Waals surface area (Å²) >= 11 is 6.06. The van der Waals surface area contributed by atoms with Crippen molar-refractivity contribution in [3.63, 3.8) is 0 Å². The molecule has 0 radical (unpaired) electrons. The zero-order valence-electron chi connectivity index (χ0n) is 4.80. The molecule has 1 nitrogen and oxygen atoms in total. The van der Waals surface area contributed by atoms with Gasteiger partial charge in [-0.15, -0.1) is 0 Å². The molecule has 0 fully saturated rings. The summed E-state index contributed by atoms with van der Waals surface area (Å²) in [6.07, 6.45) is 0.240. The standard InChI is InChI=1S/CH3IOP4Se3/c1-3-5-7-8-4(2)6(9-5)10-7/h1H3. The summed E-state index contributed by atoms with van der Waals surface area (Å²) < 4.78 is 7.41. The van der Waals surface area contributed by atoms with E-state index < -0.39 is 0 Å². The molecule has 58 valence electrons. The third-order valence-corrected chi connectivity index (χ3v) is 131. The molecular weight excluding hydrogens is 516 g/mol. The van der Waals surface area contributed by atoms with E-state index in [1.54, 1.807) is 0 Å². The Hall–Kier alpha value is 3.45. The van der Waals surface area contributed by atoms with Crippen LogP contribution in [-0.4, -0.2) is 47.9 Å². The molecule has 0 saturated heterocycles. The molecular formula is CH3IOP4Se3. The maximum absolute atomic E-state index is 5.57.